The fraction of sp³-hybridized carbons (Fsp3) is 0.174. The number of anilines is 2. The number of nitrogens with zero attached hydrogens (tertiary/aromatic N) is 4. The molecule has 4 rings (SSSR count). The first kappa shape index (κ1) is 19.6. The minimum Gasteiger partial charge on any atom is -0.354 e. The van der Waals surface area contributed by atoms with E-state index in [-0.39, 0.29) is 11.5 Å². The zero-order valence-corrected chi connectivity index (χ0v) is 17.1. The molecule has 2 heterocycles. The summed E-state index contributed by atoms with van der Waals surface area (Å²) in [5.41, 5.74) is 3.80. The zero-order chi connectivity index (χ0) is 21.3. The molecule has 152 valence electrons. The second-order valence-electron chi connectivity index (χ2n) is 7.33. The highest BCUT2D eigenvalue weighted by molar-refractivity contribution is 6.04. The Morgan fingerprint density at radius 2 is 1.90 bits per heavy atom. The van der Waals surface area contributed by atoms with Crippen molar-refractivity contribution >= 4 is 22.9 Å². The van der Waals surface area contributed by atoms with Crippen molar-refractivity contribution in [1.82, 2.24) is 14.6 Å². The monoisotopic (exact) mass is 403 g/mol. The first-order valence-corrected chi connectivity index (χ1v) is 9.60. The second-order valence-corrected chi connectivity index (χ2v) is 7.33. The van der Waals surface area contributed by atoms with Gasteiger partial charge in [-0.05, 0) is 37.1 Å². The highest BCUT2D eigenvalue weighted by atomic mass is 19.1. The van der Waals surface area contributed by atoms with E-state index in [0.717, 1.165) is 22.6 Å². The molecule has 0 radical (unpaired) electrons. The molecule has 0 aliphatic carbocycles. The van der Waals surface area contributed by atoms with E-state index in [4.69, 9.17) is 0 Å². The number of halogens is 1. The number of carbonyl (C=O) groups is 1. The lowest BCUT2D eigenvalue weighted by Crippen LogP contribution is -2.19. The number of aromatic nitrogens is 3. The van der Waals surface area contributed by atoms with Crippen LogP contribution in [0.3, 0.4) is 0 Å². The molecule has 0 fully saturated rings. The van der Waals surface area contributed by atoms with E-state index < -0.39 is 5.91 Å². The Balaban J connectivity index is 1.64. The molecule has 0 saturated heterocycles. The van der Waals surface area contributed by atoms with Crippen molar-refractivity contribution in [3.63, 3.8) is 0 Å². The van der Waals surface area contributed by atoms with Crippen molar-refractivity contribution in [2.45, 2.75) is 20.4 Å². The zero-order valence-electron chi connectivity index (χ0n) is 17.1. The Kier molecular flexibility index (Phi) is 5.18. The van der Waals surface area contributed by atoms with Crippen LogP contribution in [0.25, 0.3) is 5.52 Å². The summed E-state index contributed by atoms with van der Waals surface area (Å²) in [5, 5.41) is 7.11. The highest BCUT2D eigenvalue weighted by Gasteiger charge is 2.17. The van der Waals surface area contributed by atoms with Crippen molar-refractivity contribution in [3.8, 4) is 0 Å². The van der Waals surface area contributed by atoms with Crippen molar-refractivity contribution in [3.05, 3.63) is 89.1 Å². The minimum atomic E-state index is -0.406. The van der Waals surface area contributed by atoms with Crippen LogP contribution in [0.1, 0.15) is 27.3 Å². The molecule has 4 aromatic rings. The predicted molar refractivity (Wildman–Crippen MR) is 115 cm³/mol. The normalized spacial score (nSPS) is 10.9. The molecule has 0 atom stereocenters. The van der Waals surface area contributed by atoms with Gasteiger partial charge in [0.1, 0.15) is 11.3 Å². The lowest BCUT2D eigenvalue weighted by atomic mass is 10.2. The molecule has 6 nitrogen and oxygen atoms in total. The summed E-state index contributed by atoms with van der Waals surface area (Å²) < 4.78 is 15.4. The molecular weight excluding hydrogens is 381 g/mol. The van der Waals surface area contributed by atoms with Gasteiger partial charge in [0.25, 0.3) is 5.91 Å². The van der Waals surface area contributed by atoms with E-state index in [1.165, 1.54) is 6.07 Å². The maximum atomic E-state index is 13.8. The molecular formula is C23H22FN5O. The van der Waals surface area contributed by atoms with Gasteiger partial charge in [-0.3, -0.25) is 4.79 Å². The standard InChI is InChI=1S/C23H22FN5O/c1-15-9-10-18(11-19(15)24)26-23(30)20-12-21-22(25-16(2)13-29(21)27-20)28(3)14-17-7-5-4-6-8-17/h4-13H,14H2,1-3H3,(H,26,30). The third-order valence-corrected chi connectivity index (χ3v) is 4.84. The summed E-state index contributed by atoms with van der Waals surface area (Å²) in [6, 6.07) is 16.4. The van der Waals surface area contributed by atoms with Gasteiger partial charge in [0.2, 0.25) is 0 Å². The minimum absolute atomic E-state index is 0.234. The summed E-state index contributed by atoms with van der Waals surface area (Å²) in [5.74, 6) is -0.0458. The summed E-state index contributed by atoms with van der Waals surface area (Å²) >= 11 is 0. The molecule has 2 aromatic carbocycles. The molecule has 1 amide bonds. The number of nitrogens with one attached hydrogen (secondary N) is 1. The van der Waals surface area contributed by atoms with Gasteiger partial charge < -0.3 is 10.2 Å². The van der Waals surface area contributed by atoms with Gasteiger partial charge in [0, 0.05) is 25.3 Å². The van der Waals surface area contributed by atoms with E-state index in [1.807, 2.05) is 37.1 Å². The smallest absolute Gasteiger partial charge is 0.276 e. The number of hydrogen-bond donors (Lipinski definition) is 1. The van der Waals surface area contributed by atoms with Crippen LogP contribution in [-0.2, 0) is 6.54 Å². The van der Waals surface area contributed by atoms with E-state index >= 15 is 0 Å². The topological polar surface area (TPSA) is 62.5 Å². The molecule has 7 heteroatoms. The quantitative estimate of drug-likeness (QED) is 0.537. The summed E-state index contributed by atoms with van der Waals surface area (Å²) in [6.07, 6.45) is 1.78. The first-order valence-electron chi connectivity index (χ1n) is 9.60. The average Bonchev–Trinajstić information content (AvgIpc) is 3.15. The second kappa shape index (κ2) is 7.94. The molecule has 0 bridgehead atoms. The van der Waals surface area contributed by atoms with Crippen LogP contribution >= 0.6 is 0 Å². The van der Waals surface area contributed by atoms with Crippen molar-refractivity contribution in [1.29, 1.82) is 0 Å². The number of rotatable bonds is 5. The highest BCUT2D eigenvalue weighted by Crippen LogP contribution is 2.22. The van der Waals surface area contributed by atoms with Gasteiger partial charge in [-0.1, -0.05) is 36.4 Å². The van der Waals surface area contributed by atoms with Gasteiger partial charge in [0.15, 0.2) is 11.5 Å². The van der Waals surface area contributed by atoms with Crippen molar-refractivity contribution in [2.24, 2.45) is 0 Å². The number of benzene rings is 2. The first-order chi connectivity index (χ1) is 14.4. The fourth-order valence-corrected chi connectivity index (χ4v) is 3.28. The Morgan fingerprint density at radius 3 is 2.63 bits per heavy atom. The Bertz CT molecular complexity index is 1220. The van der Waals surface area contributed by atoms with E-state index in [9.17, 15) is 9.18 Å². The summed E-state index contributed by atoms with van der Waals surface area (Å²) in [6.45, 7) is 4.23. The number of aryl methyl sites for hydroxylation is 2. The Hall–Kier alpha value is -3.74. The molecule has 0 aliphatic rings. The average molecular weight is 403 g/mol. The number of fused-ring (bicyclic) bond motifs is 1. The predicted octanol–water partition coefficient (Wildman–Crippen LogP) is 4.37. The third kappa shape index (κ3) is 4.00. The Labute approximate surface area is 174 Å². The lowest BCUT2D eigenvalue weighted by molar-refractivity contribution is 0.102. The largest absolute Gasteiger partial charge is 0.354 e. The van der Waals surface area contributed by atoms with Gasteiger partial charge in [-0.2, -0.15) is 5.10 Å². The molecule has 2 aromatic heterocycles. The number of carbonyl (C=O) groups excluding carboxylic acids is 1. The number of amides is 1. The van der Waals surface area contributed by atoms with Crippen LogP contribution in [0.15, 0.2) is 60.8 Å². The third-order valence-electron chi connectivity index (χ3n) is 4.84. The fourth-order valence-electron chi connectivity index (χ4n) is 3.28. The maximum Gasteiger partial charge on any atom is 0.276 e. The molecule has 1 N–H and O–H groups in total. The van der Waals surface area contributed by atoms with Crippen LogP contribution in [0.5, 0.6) is 0 Å². The van der Waals surface area contributed by atoms with E-state index in [1.54, 1.807) is 35.8 Å². The van der Waals surface area contributed by atoms with E-state index in [2.05, 4.69) is 27.5 Å². The van der Waals surface area contributed by atoms with Crippen LogP contribution in [0.2, 0.25) is 0 Å². The van der Waals surface area contributed by atoms with Gasteiger partial charge in [-0.15, -0.1) is 0 Å². The van der Waals surface area contributed by atoms with Crippen LogP contribution in [0, 0.1) is 19.7 Å². The molecule has 0 unspecified atom stereocenters. The van der Waals surface area contributed by atoms with Crippen molar-refractivity contribution < 1.29 is 9.18 Å². The summed E-state index contributed by atoms with van der Waals surface area (Å²) in [7, 11) is 1.95. The van der Waals surface area contributed by atoms with Crippen LogP contribution in [-0.4, -0.2) is 27.6 Å². The number of hydrogen-bond acceptors (Lipinski definition) is 4. The van der Waals surface area contributed by atoms with Gasteiger partial charge >= 0.3 is 0 Å². The lowest BCUT2D eigenvalue weighted by Gasteiger charge is -2.19. The van der Waals surface area contributed by atoms with Crippen LogP contribution in [0.4, 0.5) is 15.9 Å². The molecule has 30 heavy (non-hydrogen) atoms. The SMILES string of the molecule is Cc1cn2nc(C(=O)Nc3ccc(C)c(F)c3)cc2c(N(C)Cc2ccccc2)n1. The van der Waals surface area contributed by atoms with Gasteiger partial charge in [-0.25, -0.2) is 13.9 Å². The molecule has 0 saturated carbocycles. The maximum absolute atomic E-state index is 13.8. The van der Waals surface area contributed by atoms with E-state index in [0.29, 0.717) is 17.8 Å². The van der Waals surface area contributed by atoms with Gasteiger partial charge in [0.05, 0.1) is 11.9 Å². The van der Waals surface area contributed by atoms with Crippen molar-refractivity contribution in [2.75, 3.05) is 17.3 Å². The molecule has 0 aliphatic heterocycles. The molecule has 0 spiro atoms. The summed E-state index contributed by atoms with van der Waals surface area (Å²) in [4.78, 5) is 19.4. The van der Waals surface area contributed by atoms with Crippen LogP contribution < -0.4 is 10.2 Å². The Morgan fingerprint density at radius 1 is 1.13 bits per heavy atom.